The maximum Gasteiger partial charge on any atom is 0.240 e. The largest absolute Gasteiger partial charge is 0.350 e. The molecule has 0 aliphatic heterocycles. The standard InChI is InChI=1S/C18H14Cl2N2O2/c19-13-3-1-12(2-4-13)10-21-18(24)11-22-8-7-17(23)15-9-14(20)5-6-16(15)22/h1-9H,10-11H2,(H,21,24). The maximum absolute atomic E-state index is 12.2. The number of halogens is 2. The van der Waals surface area contributed by atoms with Crippen LogP contribution in [0, 0.1) is 0 Å². The number of amides is 1. The third-order valence-corrected chi connectivity index (χ3v) is 4.14. The molecule has 1 aromatic heterocycles. The van der Waals surface area contributed by atoms with Crippen molar-refractivity contribution in [1.82, 2.24) is 9.88 Å². The summed E-state index contributed by atoms with van der Waals surface area (Å²) in [6, 6.07) is 13.8. The fraction of sp³-hybridized carbons (Fsp3) is 0.111. The summed E-state index contributed by atoms with van der Waals surface area (Å²) in [4.78, 5) is 24.1. The van der Waals surface area contributed by atoms with Crippen molar-refractivity contribution in [3.63, 3.8) is 0 Å². The normalized spacial score (nSPS) is 10.8. The predicted octanol–water partition coefficient (Wildman–Crippen LogP) is 3.62. The minimum Gasteiger partial charge on any atom is -0.350 e. The molecule has 0 saturated carbocycles. The van der Waals surface area contributed by atoms with Gasteiger partial charge in [0.15, 0.2) is 5.43 Å². The van der Waals surface area contributed by atoms with Gasteiger partial charge >= 0.3 is 0 Å². The first kappa shape index (κ1) is 16.6. The van der Waals surface area contributed by atoms with Crippen LogP contribution >= 0.6 is 23.2 Å². The third kappa shape index (κ3) is 3.78. The van der Waals surface area contributed by atoms with E-state index in [0.717, 1.165) is 5.56 Å². The Labute approximate surface area is 148 Å². The molecule has 0 saturated heterocycles. The van der Waals surface area contributed by atoms with Gasteiger partial charge in [0.25, 0.3) is 0 Å². The molecule has 0 radical (unpaired) electrons. The molecule has 0 spiro atoms. The van der Waals surface area contributed by atoms with Gasteiger partial charge in [0.1, 0.15) is 6.54 Å². The third-order valence-electron chi connectivity index (χ3n) is 3.66. The second-order valence-corrected chi connectivity index (χ2v) is 6.25. The van der Waals surface area contributed by atoms with Gasteiger partial charge in [-0.15, -0.1) is 0 Å². The number of rotatable bonds is 4. The van der Waals surface area contributed by atoms with E-state index in [1.165, 1.54) is 6.07 Å². The number of benzene rings is 2. The monoisotopic (exact) mass is 360 g/mol. The zero-order valence-electron chi connectivity index (χ0n) is 12.6. The summed E-state index contributed by atoms with van der Waals surface area (Å²) in [6.07, 6.45) is 1.61. The fourth-order valence-electron chi connectivity index (χ4n) is 2.44. The lowest BCUT2D eigenvalue weighted by Gasteiger charge is -2.11. The minimum absolute atomic E-state index is 0.117. The molecule has 1 N–H and O–H groups in total. The average Bonchev–Trinajstić information content (AvgIpc) is 2.57. The molecule has 3 rings (SSSR count). The van der Waals surface area contributed by atoms with Gasteiger partial charge in [-0.25, -0.2) is 0 Å². The van der Waals surface area contributed by atoms with Crippen LogP contribution in [0.4, 0.5) is 0 Å². The van der Waals surface area contributed by atoms with Crippen LogP contribution in [-0.4, -0.2) is 10.5 Å². The molecule has 4 nitrogen and oxygen atoms in total. The molecule has 0 fully saturated rings. The van der Waals surface area contributed by atoms with E-state index >= 15 is 0 Å². The number of nitrogens with one attached hydrogen (secondary N) is 1. The van der Waals surface area contributed by atoms with Crippen molar-refractivity contribution >= 4 is 40.0 Å². The molecule has 0 atom stereocenters. The van der Waals surface area contributed by atoms with Crippen LogP contribution in [-0.2, 0) is 17.9 Å². The van der Waals surface area contributed by atoms with Crippen molar-refractivity contribution in [2.45, 2.75) is 13.1 Å². The lowest BCUT2D eigenvalue weighted by atomic mass is 10.2. The highest BCUT2D eigenvalue weighted by Crippen LogP contribution is 2.16. The van der Waals surface area contributed by atoms with Crippen molar-refractivity contribution in [2.24, 2.45) is 0 Å². The molecule has 3 aromatic rings. The lowest BCUT2D eigenvalue weighted by molar-refractivity contribution is -0.121. The quantitative estimate of drug-likeness (QED) is 0.772. The molecular formula is C18H14Cl2N2O2. The van der Waals surface area contributed by atoms with Gasteiger partial charge in [-0.3, -0.25) is 9.59 Å². The summed E-state index contributed by atoms with van der Waals surface area (Å²) in [5, 5.41) is 4.49. The summed E-state index contributed by atoms with van der Waals surface area (Å²) in [5.41, 5.74) is 1.52. The first-order valence-electron chi connectivity index (χ1n) is 7.33. The molecule has 0 aliphatic rings. The Morgan fingerprint density at radius 1 is 1.00 bits per heavy atom. The molecule has 0 unspecified atom stereocenters. The van der Waals surface area contributed by atoms with E-state index in [1.54, 1.807) is 41.1 Å². The van der Waals surface area contributed by atoms with Crippen molar-refractivity contribution in [1.29, 1.82) is 0 Å². The highest BCUT2D eigenvalue weighted by atomic mass is 35.5. The molecule has 0 bridgehead atoms. The topological polar surface area (TPSA) is 51.1 Å². The molecule has 1 amide bonds. The highest BCUT2D eigenvalue weighted by molar-refractivity contribution is 6.31. The van der Waals surface area contributed by atoms with Gasteiger partial charge in [-0.1, -0.05) is 35.3 Å². The Morgan fingerprint density at radius 3 is 2.46 bits per heavy atom. The van der Waals surface area contributed by atoms with E-state index in [-0.39, 0.29) is 17.9 Å². The van der Waals surface area contributed by atoms with Gasteiger partial charge in [0, 0.05) is 34.2 Å². The average molecular weight is 361 g/mol. The van der Waals surface area contributed by atoms with Crippen LogP contribution in [0.5, 0.6) is 0 Å². The summed E-state index contributed by atoms with van der Waals surface area (Å²) in [7, 11) is 0. The van der Waals surface area contributed by atoms with Crippen LogP contribution in [0.2, 0.25) is 10.0 Å². The summed E-state index contributed by atoms with van der Waals surface area (Å²) in [6.45, 7) is 0.534. The molecule has 2 aromatic carbocycles. The summed E-state index contributed by atoms with van der Waals surface area (Å²) >= 11 is 11.8. The van der Waals surface area contributed by atoms with Gasteiger partial charge < -0.3 is 9.88 Å². The van der Waals surface area contributed by atoms with E-state index in [4.69, 9.17) is 23.2 Å². The first-order chi connectivity index (χ1) is 11.5. The second-order valence-electron chi connectivity index (χ2n) is 5.37. The first-order valence-corrected chi connectivity index (χ1v) is 8.08. The van der Waals surface area contributed by atoms with Crippen LogP contribution in [0.1, 0.15) is 5.56 Å². The zero-order valence-corrected chi connectivity index (χ0v) is 14.1. The predicted molar refractivity (Wildman–Crippen MR) is 96.5 cm³/mol. The lowest BCUT2D eigenvalue weighted by Crippen LogP contribution is -2.27. The summed E-state index contributed by atoms with van der Waals surface area (Å²) in [5.74, 6) is -0.148. The number of hydrogen-bond acceptors (Lipinski definition) is 2. The van der Waals surface area contributed by atoms with Gasteiger partial charge in [0.2, 0.25) is 5.91 Å². The van der Waals surface area contributed by atoms with Crippen LogP contribution < -0.4 is 10.7 Å². The maximum atomic E-state index is 12.2. The smallest absolute Gasteiger partial charge is 0.240 e. The molecule has 24 heavy (non-hydrogen) atoms. The molecule has 0 aliphatic carbocycles. The second kappa shape index (κ2) is 7.07. The van der Waals surface area contributed by atoms with Crippen LogP contribution in [0.25, 0.3) is 10.9 Å². The zero-order chi connectivity index (χ0) is 17.1. The van der Waals surface area contributed by atoms with E-state index < -0.39 is 0 Å². The Bertz CT molecular complexity index is 949. The molecular weight excluding hydrogens is 347 g/mol. The summed E-state index contributed by atoms with van der Waals surface area (Å²) < 4.78 is 1.73. The number of aromatic nitrogens is 1. The minimum atomic E-state index is -0.148. The van der Waals surface area contributed by atoms with E-state index in [9.17, 15) is 9.59 Å². The van der Waals surface area contributed by atoms with Crippen LogP contribution in [0.3, 0.4) is 0 Å². The van der Waals surface area contributed by atoms with Crippen molar-refractivity contribution in [3.8, 4) is 0 Å². The Hall–Kier alpha value is -2.30. The van der Waals surface area contributed by atoms with Gasteiger partial charge in [-0.05, 0) is 35.9 Å². The fourth-order valence-corrected chi connectivity index (χ4v) is 2.73. The van der Waals surface area contributed by atoms with Crippen LogP contribution in [0.15, 0.2) is 59.5 Å². The number of carbonyl (C=O) groups excluding carboxylic acids is 1. The highest BCUT2D eigenvalue weighted by Gasteiger charge is 2.07. The van der Waals surface area contributed by atoms with E-state index in [2.05, 4.69) is 5.32 Å². The van der Waals surface area contributed by atoms with Crippen molar-refractivity contribution in [2.75, 3.05) is 0 Å². The Morgan fingerprint density at radius 2 is 1.71 bits per heavy atom. The van der Waals surface area contributed by atoms with Gasteiger partial charge in [-0.2, -0.15) is 0 Å². The SMILES string of the molecule is O=C(Cn1ccc(=O)c2cc(Cl)ccc21)NCc1ccc(Cl)cc1. The number of fused-ring (bicyclic) bond motifs is 1. The Kier molecular flexibility index (Phi) is 4.88. The number of pyridine rings is 1. The van der Waals surface area contributed by atoms with E-state index in [1.807, 2.05) is 12.1 Å². The van der Waals surface area contributed by atoms with Crippen molar-refractivity contribution in [3.05, 3.63) is 80.6 Å². The number of hydrogen-bond donors (Lipinski definition) is 1. The molecule has 1 heterocycles. The number of nitrogens with zero attached hydrogens (tertiary/aromatic N) is 1. The van der Waals surface area contributed by atoms with E-state index in [0.29, 0.717) is 27.5 Å². The Balaban J connectivity index is 1.75. The number of carbonyl (C=O) groups is 1. The van der Waals surface area contributed by atoms with Crippen molar-refractivity contribution < 1.29 is 4.79 Å². The van der Waals surface area contributed by atoms with Gasteiger partial charge in [0.05, 0.1) is 5.52 Å². The molecule has 6 heteroatoms. The molecule has 122 valence electrons.